The van der Waals surface area contributed by atoms with Gasteiger partial charge in [0.05, 0.1) is 18.8 Å². The Morgan fingerprint density at radius 3 is 3.17 bits per heavy atom. The number of aryl methyl sites for hydroxylation is 1. The summed E-state index contributed by atoms with van der Waals surface area (Å²) in [6, 6.07) is 5.77. The van der Waals surface area contributed by atoms with Gasteiger partial charge in [0.25, 0.3) is 0 Å². The van der Waals surface area contributed by atoms with Crippen molar-refractivity contribution in [1.29, 1.82) is 0 Å². The van der Waals surface area contributed by atoms with Crippen LogP contribution in [0.1, 0.15) is 17.7 Å². The number of para-hydroxylation sites is 1. The summed E-state index contributed by atoms with van der Waals surface area (Å²) in [5, 5.41) is 5.43. The second-order valence-corrected chi connectivity index (χ2v) is 6.29. The van der Waals surface area contributed by atoms with Gasteiger partial charge in [-0.05, 0) is 18.9 Å². The molecule has 2 aromatic rings. The highest BCUT2D eigenvalue weighted by Crippen LogP contribution is 2.34. The number of hydrogen-bond donors (Lipinski definition) is 2. The summed E-state index contributed by atoms with van der Waals surface area (Å²) in [7, 11) is 1.62. The molecular weight excluding hydrogens is 314 g/mol. The molecule has 0 unspecified atom stereocenters. The number of carbonyl (C=O) groups excluding carboxylic acids is 1. The predicted octanol–water partition coefficient (Wildman–Crippen LogP) is 1.79. The fraction of sp³-hybridized carbons (Fsp3) is 0.375. The molecule has 23 heavy (non-hydrogen) atoms. The summed E-state index contributed by atoms with van der Waals surface area (Å²) in [5.74, 6) is 1.50. The Morgan fingerprint density at radius 2 is 2.43 bits per heavy atom. The van der Waals surface area contributed by atoms with Crippen molar-refractivity contribution in [3.05, 3.63) is 34.8 Å². The van der Waals surface area contributed by atoms with Crippen LogP contribution in [-0.2, 0) is 17.6 Å². The number of nitrogens with one attached hydrogen (secondary N) is 1. The molecule has 0 radical (unpaired) electrons. The van der Waals surface area contributed by atoms with Crippen molar-refractivity contribution in [3.8, 4) is 11.5 Å². The first kappa shape index (κ1) is 15.6. The molecule has 1 atom stereocenters. The van der Waals surface area contributed by atoms with E-state index in [2.05, 4.69) is 10.3 Å². The third-order valence-electron chi connectivity index (χ3n) is 3.72. The summed E-state index contributed by atoms with van der Waals surface area (Å²) in [6.45, 7) is 0.447. The molecule has 1 aromatic heterocycles. The lowest BCUT2D eigenvalue weighted by molar-refractivity contribution is -0.122. The van der Waals surface area contributed by atoms with Crippen LogP contribution in [0.5, 0.6) is 11.5 Å². The Hall–Kier alpha value is -2.28. The number of ether oxygens (including phenoxy) is 2. The molecule has 6 nitrogen and oxygen atoms in total. The van der Waals surface area contributed by atoms with E-state index < -0.39 is 0 Å². The van der Waals surface area contributed by atoms with Crippen molar-refractivity contribution in [3.63, 3.8) is 0 Å². The molecule has 2 heterocycles. The highest BCUT2D eigenvalue weighted by atomic mass is 32.1. The number of nitrogen functional groups attached to an aromatic ring is 1. The molecule has 1 aromatic carbocycles. The smallest absolute Gasteiger partial charge is 0.220 e. The highest BCUT2D eigenvalue weighted by Gasteiger charge is 2.23. The minimum atomic E-state index is -0.0254. The number of methoxy groups -OCH3 is 1. The van der Waals surface area contributed by atoms with E-state index in [1.54, 1.807) is 7.11 Å². The first-order valence-electron chi connectivity index (χ1n) is 7.43. The van der Waals surface area contributed by atoms with Gasteiger partial charge in [-0.15, -0.1) is 11.3 Å². The number of amides is 1. The van der Waals surface area contributed by atoms with E-state index >= 15 is 0 Å². The number of rotatable bonds is 5. The van der Waals surface area contributed by atoms with E-state index in [-0.39, 0.29) is 11.9 Å². The van der Waals surface area contributed by atoms with Crippen LogP contribution in [0.15, 0.2) is 23.6 Å². The molecule has 3 N–H and O–H groups in total. The molecular formula is C16H19N3O3S. The zero-order chi connectivity index (χ0) is 16.2. The molecule has 1 amide bonds. The summed E-state index contributed by atoms with van der Waals surface area (Å²) < 4.78 is 11.0. The molecule has 7 heteroatoms. The van der Waals surface area contributed by atoms with Gasteiger partial charge in [0.1, 0.15) is 6.61 Å². The van der Waals surface area contributed by atoms with Gasteiger partial charge >= 0.3 is 0 Å². The monoisotopic (exact) mass is 333 g/mol. The Bertz CT molecular complexity index is 702. The number of anilines is 1. The third kappa shape index (κ3) is 3.73. The summed E-state index contributed by atoms with van der Waals surface area (Å²) in [4.78, 5) is 16.2. The van der Waals surface area contributed by atoms with E-state index in [0.717, 1.165) is 29.2 Å². The van der Waals surface area contributed by atoms with Gasteiger partial charge < -0.3 is 20.5 Å². The van der Waals surface area contributed by atoms with Gasteiger partial charge in [0, 0.05) is 17.4 Å². The maximum atomic E-state index is 12.1. The lowest BCUT2D eigenvalue weighted by Gasteiger charge is -2.27. The average molecular weight is 333 g/mol. The fourth-order valence-corrected chi connectivity index (χ4v) is 3.22. The van der Waals surface area contributed by atoms with Gasteiger partial charge in [-0.2, -0.15) is 0 Å². The zero-order valence-corrected chi connectivity index (χ0v) is 13.7. The molecule has 0 fully saturated rings. The van der Waals surface area contributed by atoms with Crippen molar-refractivity contribution in [2.24, 2.45) is 0 Å². The van der Waals surface area contributed by atoms with E-state index in [0.29, 0.717) is 24.6 Å². The number of thiazole rings is 1. The second kappa shape index (κ2) is 6.87. The topological polar surface area (TPSA) is 86.5 Å². The van der Waals surface area contributed by atoms with Crippen LogP contribution in [0.4, 0.5) is 5.13 Å². The lowest BCUT2D eigenvalue weighted by Crippen LogP contribution is -2.42. The fourth-order valence-electron chi connectivity index (χ4n) is 2.63. The number of benzene rings is 1. The second-order valence-electron chi connectivity index (χ2n) is 5.41. The number of nitrogens with zero attached hydrogens (tertiary/aromatic N) is 1. The molecule has 122 valence electrons. The van der Waals surface area contributed by atoms with Crippen molar-refractivity contribution in [1.82, 2.24) is 10.3 Å². The average Bonchev–Trinajstić information content (AvgIpc) is 2.97. The maximum Gasteiger partial charge on any atom is 0.220 e. The SMILES string of the molecule is COc1cccc2c1OC[C@@H](NC(=O)CCc1csc(N)n1)C2. The predicted molar refractivity (Wildman–Crippen MR) is 89.0 cm³/mol. The quantitative estimate of drug-likeness (QED) is 0.871. The Morgan fingerprint density at radius 1 is 1.57 bits per heavy atom. The number of fused-ring (bicyclic) bond motifs is 1. The lowest BCUT2D eigenvalue weighted by atomic mass is 10.0. The van der Waals surface area contributed by atoms with Crippen LogP contribution in [0, 0.1) is 0 Å². The zero-order valence-electron chi connectivity index (χ0n) is 12.9. The van der Waals surface area contributed by atoms with E-state index in [9.17, 15) is 4.79 Å². The molecule has 0 saturated carbocycles. The van der Waals surface area contributed by atoms with Crippen LogP contribution in [0.3, 0.4) is 0 Å². The number of carbonyl (C=O) groups is 1. The molecule has 3 rings (SSSR count). The number of aromatic nitrogens is 1. The van der Waals surface area contributed by atoms with Crippen molar-refractivity contribution in [2.45, 2.75) is 25.3 Å². The minimum absolute atomic E-state index is 0.00322. The first-order chi connectivity index (χ1) is 11.2. The van der Waals surface area contributed by atoms with Crippen molar-refractivity contribution >= 4 is 22.4 Å². The molecule has 0 saturated heterocycles. The van der Waals surface area contributed by atoms with Crippen LogP contribution in [0.25, 0.3) is 0 Å². The Kier molecular flexibility index (Phi) is 4.66. The summed E-state index contributed by atoms with van der Waals surface area (Å²) in [6.07, 6.45) is 1.73. The normalized spacial score (nSPS) is 16.3. The number of nitrogens with two attached hydrogens (primary N) is 1. The van der Waals surface area contributed by atoms with Crippen LogP contribution in [0.2, 0.25) is 0 Å². The van der Waals surface area contributed by atoms with Crippen LogP contribution < -0.4 is 20.5 Å². The summed E-state index contributed by atoms with van der Waals surface area (Å²) >= 11 is 1.39. The Labute approximate surface area is 138 Å². The maximum absolute atomic E-state index is 12.1. The van der Waals surface area contributed by atoms with Crippen LogP contribution in [-0.4, -0.2) is 30.6 Å². The first-order valence-corrected chi connectivity index (χ1v) is 8.31. The molecule has 0 aliphatic carbocycles. The number of hydrogen-bond acceptors (Lipinski definition) is 6. The largest absolute Gasteiger partial charge is 0.493 e. The van der Waals surface area contributed by atoms with Crippen molar-refractivity contribution < 1.29 is 14.3 Å². The van der Waals surface area contributed by atoms with Gasteiger partial charge in [-0.1, -0.05) is 12.1 Å². The van der Waals surface area contributed by atoms with Crippen molar-refractivity contribution in [2.75, 3.05) is 19.5 Å². The van der Waals surface area contributed by atoms with Crippen LogP contribution >= 0.6 is 11.3 Å². The standard InChI is InChI=1S/C16H19N3O3S/c1-21-13-4-2-3-10-7-12(8-22-15(10)13)18-14(20)6-5-11-9-23-16(17)19-11/h2-4,9,12H,5-8H2,1H3,(H2,17,19)(H,18,20)/t12-/m0/s1. The van der Waals surface area contributed by atoms with Gasteiger partial charge in [0.2, 0.25) is 5.91 Å². The minimum Gasteiger partial charge on any atom is -0.493 e. The van der Waals surface area contributed by atoms with E-state index in [1.165, 1.54) is 11.3 Å². The molecule has 1 aliphatic rings. The highest BCUT2D eigenvalue weighted by molar-refractivity contribution is 7.13. The summed E-state index contributed by atoms with van der Waals surface area (Å²) in [5.41, 5.74) is 7.49. The third-order valence-corrected chi connectivity index (χ3v) is 4.44. The molecule has 0 spiro atoms. The Balaban J connectivity index is 1.54. The van der Waals surface area contributed by atoms with E-state index in [1.807, 2.05) is 23.6 Å². The molecule has 0 bridgehead atoms. The van der Waals surface area contributed by atoms with E-state index in [4.69, 9.17) is 15.2 Å². The van der Waals surface area contributed by atoms with Gasteiger partial charge in [0.15, 0.2) is 16.6 Å². The molecule has 1 aliphatic heterocycles. The van der Waals surface area contributed by atoms with Gasteiger partial charge in [-0.3, -0.25) is 4.79 Å². The van der Waals surface area contributed by atoms with Gasteiger partial charge in [-0.25, -0.2) is 4.98 Å².